The van der Waals surface area contributed by atoms with Crippen LogP contribution in [0.25, 0.3) is 0 Å². The summed E-state index contributed by atoms with van der Waals surface area (Å²) in [6.07, 6.45) is -8.87. The van der Waals surface area contributed by atoms with E-state index in [0.717, 1.165) is 0 Å². The Labute approximate surface area is 402 Å². The smallest absolute Gasteiger partial charge is 0.367 e. The van der Waals surface area contributed by atoms with E-state index in [2.05, 4.69) is 5.32 Å². The summed E-state index contributed by atoms with van der Waals surface area (Å²) in [6.45, 7) is 19.2. The summed E-state index contributed by atoms with van der Waals surface area (Å²) in [4.78, 5) is 56.5. The van der Waals surface area contributed by atoms with Crippen LogP contribution >= 0.6 is 11.8 Å². The lowest BCUT2D eigenvalue weighted by atomic mass is 9.75. The van der Waals surface area contributed by atoms with Crippen LogP contribution < -0.4 is 5.32 Å². The molecule has 20 heteroatoms. The van der Waals surface area contributed by atoms with Gasteiger partial charge >= 0.3 is 17.2 Å². The zero-order valence-electron chi connectivity index (χ0n) is 42.9. The Hall–Kier alpha value is -2.21. The normalized spacial score (nSPS) is 41.3. The van der Waals surface area contributed by atoms with Crippen LogP contribution in [0.3, 0.4) is 0 Å². The SMILES string of the molecule is CCC1OC(=O)[C@H](C)[C@@H](O[C@H]2C[C@@](C)(OC)[C@@H](O)[C@H](CC)O2)[C@H](CC)[C@@H](O[C@@H]2O[C@H](C)C[C@H](N(C)C)[C@H]2OC(=O)SC[C@H](NC(C)=O)C(=O)OC)[C@](C)(O)C[C@@H](C)CN(C)[C@H](C)[C@@H](O)[C@]1(C)O. The highest BCUT2D eigenvalue weighted by molar-refractivity contribution is 8.13. The van der Waals surface area contributed by atoms with Gasteiger partial charge in [-0.2, -0.15) is 0 Å². The van der Waals surface area contributed by atoms with Gasteiger partial charge in [-0.1, -0.05) is 27.7 Å². The largest absolute Gasteiger partial charge is 0.467 e. The molecule has 3 fully saturated rings. The standard InChI is InChI=1S/C47H85N3O16S/c1-17-30-36(64-35-22-46(10,60-16)39(53)33(18-2)62-35)27(6)41(54)63-34(19-3)47(11,58)38(52)28(7)50(14)23-25(4)21-45(9,57)40(30)66-43-37(32(49(12)13)20-26(5)61-43)65-44(56)67-24-31(42(55)59-15)48-29(8)51/h25-28,30-40,43,52-53,57-58H,17-24H2,1-16H3,(H,48,51)/t25-,26-,27-,28-,30+,31+,32+,33+,34?,35+,36-,37-,38-,39+,40-,43+,45-,46-,47-/m1/s1. The van der Waals surface area contributed by atoms with E-state index in [4.69, 9.17) is 37.9 Å². The summed E-state index contributed by atoms with van der Waals surface area (Å²) in [6, 6.07) is -2.20. The van der Waals surface area contributed by atoms with Gasteiger partial charge in [0.1, 0.15) is 30.0 Å². The van der Waals surface area contributed by atoms with E-state index >= 15 is 0 Å². The fourth-order valence-electron chi connectivity index (χ4n) is 10.1. The molecule has 0 aromatic carbocycles. The summed E-state index contributed by atoms with van der Waals surface area (Å²) in [5, 5.41) is 49.7. The Morgan fingerprint density at radius 1 is 0.940 bits per heavy atom. The lowest BCUT2D eigenvalue weighted by Crippen LogP contribution is -2.61. The van der Waals surface area contributed by atoms with Crippen LogP contribution in [0.15, 0.2) is 0 Å². The van der Waals surface area contributed by atoms with Crippen LogP contribution in [0.4, 0.5) is 4.79 Å². The minimum Gasteiger partial charge on any atom is -0.467 e. The number of rotatable bonds is 14. The van der Waals surface area contributed by atoms with Crippen molar-refractivity contribution < 1.29 is 77.5 Å². The summed E-state index contributed by atoms with van der Waals surface area (Å²) >= 11 is 0.669. The Morgan fingerprint density at radius 2 is 1.58 bits per heavy atom. The number of aliphatic hydroxyl groups is 4. The second kappa shape index (κ2) is 25.3. The van der Waals surface area contributed by atoms with E-state index in [1.807, 2.05) is 58.6 Å². The molecule has 1 unspecified atom stereocenters. The van der Waals surface area contributed by atoms with Crippen molar-refractivity contribution in [3.05, 3.63) is 0 Å². The lowest BCUT2D eigenvalue weighted by Gasteiger charge is -2.50. The number of thioether (sulfide) groups is 1. The third-order valence-corrected chi connectivity index (χ3v) is 15.0. The van der Waals surface area contributed by atoms with E-state index in [1.165, 1.54) is 28.1 Å². The molecule has 0 saturated carbocycles. The molecule has 3 rings (SSSR count). The fraction of sp³-hybridized carbons (Fsp3) is 0.915. The number of nitrogens with zero attached hydrogens (tertiary/aromatic N) is 2. The van der Waals surface area contributed by atoms with Gasteiger partial charge in [0.15, 0.2) is 18.7 Å². The first-order valence-corrected chi connectivity index (χ1v) is 24.8. The van der Waals surface area contributed by atoms with E-state index in [1.54, 1.807) is 34.6 Å². The van der Waals surface area contributed by atoms with Crippen LogP contribution in [0.2, 0.25) is 0 Å². The number of cyclic esters (lactones) is 1. The average Bonchev–Trinajstić information content (AvgIpc) is 3.25. The van der Waals surface area contributed by atoms with Crippen LogP contribution in [-0.2, 0) is 52.3 Å². The number of hydrogen-bond donors (Lipinski definition) is 5. The highest BCUT2D eigenvalue weighted by Crippen LogP contribution is 2.42. The van der Waals surface area contributed by atoms with Crippen LogP contribution in [0.5, 0.6) is 0 Å². The van der Waals surface area contributed by atoms with E-state index < -0.39 is 131 Å². The van der Waals surface area contributed by atoms with Crippen molar-refractivity contribution in [2.45, 2.75) is 211 Å². The molecule has 390 valence electrons. The second-order valence-electron chi connectivity index (χ2n) is 20.0. The highest BCUT2D eigenvalue weighted by Gasteiger charge is 2.54. The number of ether oxygens (including phenoxy) is 8. The molecule has 19 nitrogen and oxygen atoms in total. The third kappa shape index (κ3) is 14.9. The summed E-state index contributed by atoms with van der Waals surface area (Å²) in [7, 11) is 8.15. The molecule has 0 aromatic rings. The average molecular weight is 980 g/mol. The molecule has 3 heterocycles. The number of amides is 1. The zero-order chi connectivity index (χ0) is 50.9. The van der Waals surface area contributed by atoms with Crippen molar-refractivity contribution >= 4 is 34.9 Å². The Bertz CT molecular complexity index is 1610. The number of likely N-dealkylation sites (N-methyl/N-ethyl adjacent to an activating group) is 2. The molecule has 0 radical (unpaired) electrons. The minimum absolute atomic E-state index is 0.0692. The molecule has 0 aliphatic carbocycles. The quantitative estimate of drug-likeness (QED) is 0.124. The first-order chi connectivity index (χ1) is 31.1. The molecule has 1 amide bonds. The number of carbonyl (C=O) groups excluding carboxylic acids is 4. The van der Waals surface area contributed by atoms with Crippen LogP contribution in [0, 0.1) is 17.8 Å². The molecule has 0 bridgehead atoms. The maximum Gasteiger partial charge on any atom is 0.367 e. The second-order valence-corrected chi connectivity index (χ2v) is 21.0. The highest BCUT2D eigenvalue weighted by atomic mass is 32.2. The maximum atomic E-state index is 14.6. The first-order valence-electron chi connectivity index (χ1n) is 23.9. The maximum absolute atomic E-state index is 14.6. The number of methoxy groups -OCH3 is 2. The molecule has 5 N–H and O–H groups in total. The third-order valence-electron chi connectivity index (χ3n) is 14.2. The van der Waals surface area contributed by atoms with Gasteiger partial charge in [-0.25, -0.2) is 9.59 Å². The Morgan fingerprint density at radius 3 is 2.12 bits per heavy atom. The van der Waals surface area contributed by atoms with Crippen molar-refractivity contribution in [3.8, 4) is 0 Å². The van der Waals surface area contributed by atoms with Gasteiger partial charge in [-0.05, 0) is 112 Å². The van der Waals surface area contributed by atoms with Crippen molar-refractivity contribution in [1.82, 2.24) is 15.1 Å². The van der Waals surface area contributed by atoms with E-state index in [-0.39, 0.29) is 37.4 Å². The topological polar surface area (TPSA) is 242 Å². The van der Waals surface area contributed by atoms with Crippen LogP contribution in [0.1, 0.15) is 115 Å². The number of carbonyl (C=O) groups is 4. The molecule has 67 heavy (non-hydrogen) atoms. The molecular weight excluding hydrogens is 895 g/mol. The number of hydrogen-bond acceptors (Lipinski definition) is 19. The van der Waals surface area contributed by atoms with E-state index in [0.29, 0.717) is 31.1 Å². The molecule has 19 atom stereocenters. The van der Waals surface area contributed by atoms with Gasteiger partial charge in [0, 0.05) is 44.7 Å². The fourth-order valence-corrected chi connectivity index (χ4v) is 10.8. The summed E-state index contributed by atoms with van der Waals surface area (Å²) < 4.78 is 50.0. The monoisotopic (exact) mass is 980 g/mol. The summed E-state index contributed by atoms with van der Waals surface area (Å²) in [5.74, 6) is -4.37. The Balaban J connectivity index is 2.26. The Kier molecular flexibility index (Phi) is 22.3. The van der Waals surface area contributed by atoms with Crippen molar-refractivity contribution in [3.63, 3.8) is 0 Å². The molecule has 0 spiro atoms. The van der Waals surface area contributed by atoms with Crippen molar-refractivity contribution in [2.75, 3.05) is 47.7 Å². The van der Waals surface area contributed by atoms with E-state index in [9.17, 15) is 39.6 Å². The van der Waals surface area contributed by atoms with Gasteiger partial charge in [-0.15, -0.1) is 0 Å². The molecule has 0 aromatic heterocycles. The van der Waals surface area contributed by atoms with Gasteiger partial charge in [0.25, 0.3) is 0 Å². The van der Waals surface area contributed by atoms with Crippen LogP contribution in [-0.4, -0.2) is 197 Å². The van der Waals surface area contributed by atoms with Gasteiger partial charge < -0.3 is 73.4 Å². The molecule has 3 aliphatic rings. The van der Waals surface area contributed by atoms with Crippen molar-refractivity contribution in [2.24, 2.45) is 17.8 Å². The zero-order valence-corrected chi connectivity index (χ0v) is 43.7. The molecule has 3 saturated heterocycles. The molecule has 3 aliphatic heterocycles. The van der Waals surface area contributed by atoms with Gasteiger partial charge in [-0.3, -0.25) is 9.59 Å². The number of esters is 2. The first kappa shape index (κ1) is 59.1. The summed E-state index contributed by atoms with van der Waals surface area (Å²) in [5.41, 5.74) is -4.68. The lowest BCUT2D eigenvalue weighted by molar-refractivity contribution is -0.320. The van der Waals surface area contributed by atoms with Gasteiger partial charge in [0.2, 0.25) is 5.91 Å². The predicted molar refractivity (Wildman–Crippen MR) is 250 cm³/mol. The van der Waals surface area contributed by atoms with Crippen molar-refractivity contribution in [1.29, 1.82) is 0 Å². The minimum atomic E-state index is -1.87. The van der Waals surface area contributed by atoms with Gasteiger partial charge in [0.05, 0.1) is 54.7 Å². The number of nitrogens with one attached hydrogen (secondary N) is 1. The predicted octanol–water partition coefficient (Wildman–Crippen LogP) is 3.24. The molecular formula is C47H85N3O16S. The number of aliphatic hydroxyl groups excluding tert-OH is 2.